The number of aliphatic hydroxyl groups is 1. The van der Waals surface area contributed by atoms with Crippen molar-refractivity contribution in [2.24, 2.45) is 0 Å². The molecule has 6 nitrogen and oxygen atoms in total. The van der Waals surface area contributed by atoms with Gasteiger partial charge in [-0.25, -0.2) is 0 Å². The van der Waals surface area contributed by atoms with Crippen LogP contribution in [0.25, 0.3) is 5.76 Å². The predicted octanol–water partition coefficient (Wildman–Crippen LogP) is 7.53. The van der Waals surface area contributed by atoms with Gasteiger partial charge in [-0.05, 0) is 62.6 Å². The summed E-state index contributed by atoms with van der Waals surface area (Å²) >= 11 is 6.52. The lowest BCUT2D eigenvalue weighted by atomic mass is 9.73. The fourth-order valence-electron chi connectivity index (χ4n) is 5.44. The minimum atomic E-state index is -0.733. The van der Waals surface area contributed by atoms with Gasteiger partial charge in [-0.1, -0.05) is 47.5 Å². The summed E-state index contributed by atoms with van der Waals surface area (Å²) in [5, 5.41) is 21.9. The summed E-state index contributed by atoms with van der Waals surface area (Å²) in [4.78, 5) is 15.5. The van der Waals surface area contributed by atoms with E-state index in [-0.39, 0.29) is 17.4 Å². The maximum atomic E-state index is 13.8. The van der Waals surface area contributed by atoms with E-state index in [1.165, 1.54) is 0 Å². The third-order valence-corrected chi connectivity index (χ3v) is 7.90. The van der Waals surface area contributed by atoms with Crippen LogP contribution in [0.5, 0.6) is 11.5 Å². The molecule has 5 rings (SSSR count). The molecule has 0 amide bonds. The highest BCUT2D eigenvalue weighted by Crippen LogP contribution is 2.50. The molecule has 39 heavy (non-hydrogen) atoms. The fourth-order valence-corrected chi connectivity index (χ4v) is 5.62. The lowest BCUT2D eigenvalue weighted by Crippen LogP contribution is -2.42. The average Bonchev–Trinajstić information content (AvgIpc) is 2.94. The number of halogens is 1. The minimum absolute atomic E-state index is 0.0176. The molecule has 3 aromatic carbocycles. The number of aliphatic hydroxyl groups excluding tert-OH is 1. The zero-order chi connectivity index (χ0) is 27.8. The first-order valence-electron chi connectivity index (χ1n) is 12.9. The molecule has 1 atom stereocenters. The summed E-state index contributed by atoms with van der Waals surface area (Å²) in [6, 6.07) is 18.5. The molecular weight excluding hydrogens is 512 g/mol. The SMILES string of the molecule is COc1ccc(OC)c(C2C3=C(CCCC3=O)N(c3ccc(C)c(Cl)c3)C(=N)/C2=C(/O)c2ccc(C)cc2)c1. The molecule has 0 bridgehead atoms. The van der Waals surface area contributed by atoms with E-state index in [1.807, 2.05) is 62.4 Å². The monoisotopic (exact) mass is 542 g/mol. The zero-order valence-corrected chi connectivity index (χ0v) is 23.2. The Kier molecular flexibility index (Phi) is 7.23. The second-order valence-corrected chi connectivity index (χ2v) is 10.3. The van der Waals surface area contributed by atoms with Gasteiger partial charge in [0.1, 0.15) is 23.1 Å². The number of anilines is 1. The Morgan fingerprint density at radius 1 is 1.00 bits per heavy atom. The van der Waals surface area contributed by atoms with Crippen molar-refractivity contribution in [3.05, 3.63) is 105 Å². The summed E-state index contributed by atoms with van der Waals surface area (Å²) in [7, 11) is 3.15. The molecule has 2 aliphatic rings. The number of amidine groups is 1. The lowest BCUT2D eigenvalue weighted by Gasteiger charge is -2.42. The predicted molar refractivity (Wildman–Crippen MR) is 155 cm³/mol. The van der Waals surface area contributed by atoms with Crippen molar-refractivity contribution in [1.29, 1.82) is 5.41 Å². The van der Waals surface area contributed by atoms with E-state index in [0.29, 0.717) is 63.7 Å². The zero-order valence-electron chi connectivity index (χ0n) is 22.5. The number of allylic oxidation sites excluding steroid dienone is 2. The van der Waals surface area contributed by atoms with Crippen LogP contribution in [0, 0.1) is 19.3 Å². The quantitative estimate of drug-likeness (QED) is 0.325. The van der Waals surface area contributed by atoms with E-state index in [1.54, 1.807) is 31.3 Å². The Bertz CT molecular complexity index is 1540. The average molecular weight is 543 g/mol. The van der Waals surface area contributed by atoms with Crippen LogP contribution in [0.2, 0.25) is 5.02 Å². The highest BCUT2D eigenvalue weighted by atomic mass is 35.5. The topological polar surface area (TPSA) is 82.9 Å². The number of aryl methyl sites for hydroxylation is 2. The van der Waals surface area contributed by atoms with Gasteiger partial charge in [0.05, 0.1) is 20.1 Å². The van der Waals surface area contributed by atoms with E-state index in [0.717, 1.165) is 16.8 Å². The molecule has 0 aromatic heterocycles. The number of rotatable bonds is 5. The van der Waals surface area contributed by atoms with Gasteiger partial charge in [-0.2, -0.15) is 0 Å². The van der Waals surface area contributed by atoms with Gasteiger partial charge >= 0.3 is 0 Å². The Labute approximate surface area is 233 Å². The minimum Gasteiger partial charge on any atom is -0.507 e. The first-order valence-corrected chi connectivity index (χ1v) is 13.3. The number of carbonyl (C=O) groups is 1. The molecule has 2 N–H and O–H groups in total. The van der Waals surface area contributed by atoms with Crippen LogP contribution < -0.4 is 14.4 Å². The van der Waals surface area contributed by atoms with Crippen molar-refractivity contribution in [2.45, 2.75) is 39.0 Å². The number of hydrogen-bond donors (Lipinski definition) is 2. The number of Topliss-reactive ketones (excluding diaryl/α,β-unsaturated/α-hetero) is 1. The molecule has 200 valence electrons. The van der Waals surface area contributed by atoms with Crippen LogP contribution in [0.15, 0.2) is 77.5 Å². The summed E-state index contributed by atoms with van der Waals surface area (Å²) in [5.41, 5.74) is 5.45. The summed E-state index contributed by atoms with van der Waals surface area (Å²) in [5.74, 6) is 0.392. The van der Waals surface area contributed by atoms with Gasteiger partial charge in [0.15, 0.2) is 5.78 Å². The van der Waals surface area contributed by atoms with E-state index < -0.39 is 5.92 Å². The number of hydrogen-bond acceptors (Lipinski definition) is 5. The Morgan fingerprint density at radius 3 is 2.41 bits per heavy atom. The summed E-state index contributed by atoms with van der Waals surface area (Å²) < 4.78 is 11.3. The second-order valence-electron chi connectivity index (χ2n) is 9.92. The largest absolute Gasteiger partial charge is 0.507 e. The van der Waals surface area contributed by atoms with E-state index in [2.05, 4.69) is 0 Å². The van der Waals surface area contributed by atoms with E-state index >= 15 is 0 Å². The molecule has 1 aliphatic carbocycles. The van der Waals surface area contributed by atoms with Crippen LogP contribution in [0.1, 0.15) is 47.4 Å². The number of ketones is 1. The van der Waals surface area contributed by atoms with Gasteiger partial charge in [-0.15, -0.1) is 0 Å². The number of carbonyl (C=O) groups excluding carboxylic acids is 1. The molecule has 7 heteroatoms. The van der Waals surface area contributed by atoms with Gasteiger partial charge in [0.25, 0.3) is 0 Å². The van der Waals surface area contributed by atoms with Gasteiger partial charge in [0, 0.05) is 45.1 Å². The highest BCUT2D eigenvalue weighted by Gasteiger charge is 2.44. The standard InChI is InChI=1S/C32H31ClN2O4/c1-18-8-11-20(12-9-18)31(37)30-28(23-17-22(38-3)14-15-27(23)39-4)29-25(6-5-7-26(29)36)35(32(30)34)21-13-10-19(2)24(33)16-21/h8-17,28,34,37H,5-7H2,1-4H3/b31-30+,34-32?. The molecule has 0 saturated carbocycles. The number of ether oxygens (including phenoxy) is 2. The number of nitrogens with zero attached hydrogens (tertiary/aromatic N) is 1. The molecular formula is C32H31ClN2O4. The van der Waals surface area contributed by atoms with E-state index in [9.17, 15) is 15.3 Å². The molecule has 0 radical (unpaired) electrons. The molecule has 1 unspecified atom stereocenters. The molecule has 3 aromatic rings. The van der Waals surface area contributed by atoms with Crippen molar-refractivity contribution >= 4 is 34.7 Å². The Balaban J connectivity index is 1.87. The van der Waals surface area contributed by atoms with Crippen LogP contribution in [0.4, 0.5) is 5.69 Å². The summed E-state index contributed by atoms with van der Waals surface area (Å²) in [6.45, 7) is 3.89. The van der Waals surface area contributed by atoms with Crippen molar-refractivity contribution in [1.82, 2.24) is 0 Å². The Hall–Kier alpha value is -4.03. The third kappa shape index (κ3) is 4.70. The molecule has 0 spiro atoms. The normalized spacial score (nSPS) is 18.7. The van der Waals surface area contributed by atoms with Gasteiger partial charge in [0.2, 0.25) is 0 Å². The molecule has 0 fully saturated rings. The maximum Gasteiger partial charge on any atom is 0.161 e. The second kappa shape index (κ2) is 10.6. The maximum absolute atomic E-state index is 13.8. The van der Waals surface area contributed by atoms with E-state index in [4.69, 9.17) is 21.1 Å². The lowest BCUT2D eigenvalue weighted by molar-refractivity contribution is -0.116. The van der Waals surface area contributed by atoms with Crippen molar-refractivity contribution < 1.29 is 19.4 Å². The van der Waals surface area contributed by atoms with Gasteiger partial charge < -0.3 is 14.6 Å². The number of nitrogens with one attached hydrogen (secondary N) is 1. The molecule has 1 heterocycles. The van der Waals surface area contributed by atoms with Crippen LogP contribution in [-0.2, 0) is 4.79 Å². The van der Waals surface area contributed by atoms with Gasteiger partial charge in [-0.3, -0.25) is 15.1 Å². The third-order valence-electron chi connectivity index (χ3n) is 7.50. The smallest absolute Gasteiger partial charge is 0.161 e. The summed E-state index contributed by atoms with van der Waals surface area (Å²) in [6.07, 6.45) is 1.67. The van der Waals surface area contributed by atoms with Crippen LogP contribution in [-0.4, -0.2) is 30.9 Å². The highest BCUT2D eigenvalue weighted by molar-refractivity contribution is 6.32. The van der Waals surface area contributed by atoms with Crippen molar-refractivity contribution in [2.75, 3.05) is 19.1 Å². The molecule has 0 saturated heterocycles. The van der Waals surface area contributed by atoms with Crippen LogP contribution in [0.3, 0.4) is 0 Å². The number of benzene rings is 3. The number of methoxy groups -OCH3 is 2. The van der Waals surface area contributed by atoms with Crippen LogP contribution >= 0.6 is 11.6 Å². The first-order chi connectivity index (χ1) is 18.7. The van der Waals surface area contributed by atoms with Crippen molar-refractivity contribution in [3.8, 4) is 11.5 Å². The Morgan fingerprint density at radius 2 is 1.74 bits per heavy atom. The van der Waals surface area contributed by atoms with Crippen molar-refractivity contribution in [3.63, 3.8) is 0 Å². The molecule has 1 aliphatic heterocycles. The fraction of sp³-hybridized carbons (Fsp3) is 0.250. The first kappa shape index (κ1) is 26.6.